The van der Waals surface area contributed by atoms with Crippen LogP contribution in [0.5, 0.6) is 0 Å². The number of nitrogens with one attached hydrogen (secondary N) is 2. The van der Waals surface area contributed by atoms with Crippen LogP contribution in [0.3, 0.4) is 0 Å². The summed E-state index contributed by atoms with van der Waals surface area (Å²) < 4.78 is 0. The highest BCUT2D eigenvalue weighted by Crippen LogP contribution is 2.22. The van der Waals surface area contributed by atoms with E-state index >= 15 is 0 Å². The number of likely N-dealkylation sites (tertiary alicyclic amines) is 2. The van der Waals surface area contributed by atoms with Gasteiger partial charge in [-0.1, -0.05) is 0 Å². The van der Waals surface area contributed by atoms with Crippen molar-refractivity contribution in [3.63, 3.8) is 0 Å². The molecular weight excluding hydrogens is 502 g/mol. The van der Waals surface area contributed by atoms with Crippen LogP contribution < -0.4 is 33.6 Å². The number of nitrogens with zero attached hydrogens (tertiary/aromatic N) is 3. The second-order valence-electron chi connectivity index (χ2n) is 9.21. The van der Waals surface area contributed by atoms with Crippen molar-refractivity contribution in [2.75, 3.05) is 26.2 Å². The van der Waals surface area contributed by atoms with E-state index in [1.165, 1.54) is 9.80 Å². The molecule has 4 atom stereocenters. The van der Waals surface area contributed by atoms with Gasteiger partial charge < -0.3 is 48.5 Å². The molecule has 16 nitrogen and oxygen atoms in total. The van der Waals surface area contributed by atoms with Gasteiger partial charge in [-0.2, -0.15) is 0 Å². The Morgan fingerprint density at radius 3 is 1.97 bits per heavy atom. The maximum absolute atomic E-state index is 13.6. The lowest BCUT2D eigenvalue weighted by atomic mass is 10.1. The van der Waals surface area contributed by atoms with Crippen molar-refractivity contribution in [1.29, 1.82) is 0 Å². The first-order valence-corrected chi connectivity index (χ1v) is 12.4. The number of carbonyl (C=O) groups excluding carboxylic acids is 5. The maximum atomic E-state index is 13.6. The SMILES string of the molecule is NCC(=O)N1CCC[C@H]1C(=O)N[C@@H](CCCN=C(N)N)C(=O)N1CCC[C@H]1C(=O)N[C@@H](CC(=O)O)C(N)=O. The summed E-state index contributed by atoms with van der Waals surface area (Å²) in [5.74, 6) is -4.62. The molecule has 2 heterocycles. The maximum Gasteiger partial charge on any atom is 0.305 e. The standard InChI is InChI=1S/C22H37N9O7/c23-11-16(32)30-8-2-5-14(30)19(36)28-12(4-1-7-27-22(25)26)21(38)31-9-3-6-15(31)20(37)29-13(18(24)35)10-17(33)34/h12-15H,1-11,23H2,(H2,24,35)(H,28,36)(H,29,37)(H,33,34)(H4,25,26,27)/t12-,13-,14-,15-/m0/s1. The van der Waals surface area contributed by atoms with Gasteiger partial charge in [0, 0.05) is 19.6 Å². The Balaban J connectivity index is 2.18. The zero-order chi connectivity index (χ0) is 28.4. The summed E-state index contributed by atoms with van der Waals surface area (Å²) in [4.78, 5) is 80.9. The molecule has 38 heavy (non-hydrogen) atoms. The summed E-state index contributed by atoms with van der Waals surface area (Å²) in [5, 5.41) is 14.0. The molecule has 2 aliphatic rings. The molecule has 2 saturated heterocycles. The molecule has 2 aliphatic heterocycles. The average molecular weight is 540 g/mol. The van der Waals surface area contributed by atoms with Gasteiger partial charge in [-0.05, 0) is 38.5 Å². The van der Waals surface area contributed by atoms with E-state index in [4.69, 9.17) is 28.0 Å². The minimum atomic E-state index is -1.44. The normalized spacial score (nSPS) is 20.3. The lowest BCUT2D eigenvalue weighted by Crippen LogP contribution is -2.57. The van der Waals surface area contributed by atoms with Crippen molar-refractivity contribution in [1.82, 2.24) is 20.4 Å². The van der Waals surface area contributed by atoms with Gasteiger partial charge >= 0.3 is 5.97 Å². The Bertz CT molecular complexity index is 953. The van der Waals surface area contributed by atoms with Crippen LogP contribution in [0.15, 0.2) is 4.99 Å². The highest BCUT2D eigenvalue weighted by molar-refractivity contribution is 5.96. The van der Waals surface area contributed by atoms with Crippen LogP contribution in [0, 0.1) is 0 Å². The van der Waals surface area contributed by atoms with Crippen molar-refractivity contribution >= 4 is 41.5 Å². The highest BCUT2D eigenvalue weighted by atomic mass is 16.4. The van der Waals surface area contributed by atoms with Crippen molar-refractivity contribution in [2.24, 2.45) is 27.9 Å². The van der Waals surface area contributed by atoms with Gasteiger partial charge in [0.15, 0.2) is 5.96 Å². The van der Waals surface area contributed by atoms with Gasteiger partial charge in [0.05, 0.1) is 13.0 Å². The molecule has 16 heteroatoms. The van der Waals surface area contributed by atoms with Gasteiger partial charge in [-0.3, -0.25) is 33.8 Å². The smallest absolute Gasteiger partial charge is 0.305 e. The predicted molar refractivity (Wildman–Crippen MR) is 134 cm³/mol. The number of carboxylic acids is 1. The average Bonchev–Trinajstić information content (AvgIpc) is 3.54. The first-order chi connectivity index (χ1) is 18.0. The second-order valence-corrected chi connectivity index (χ2v) is 9.21. The van der Waals surface area contributed by atoms with Crippen LogP contribution in [-0.4, -0.2) is 107 Å². The number of amides is 5. The van der Waals surface area contributed by atoms with Crippen molar-refractivity contribution in [3.8, 4) is 0 Å². The lowest BCUT2D eigenvalue weighted by Gasteiger charge is -2.31. The van der Waals surface area contributed by atoms with Crippen LogP contribution in [0.25, 0.3) is 0 Å². The van der Waals surface area contributed by atoms with E-state index < -0.39 is 60.2 Å². The molecule has 11 N–H and O–H groups in total. The third-order valence-electron chi connectivity index (χ3n) is 6.49. The molecule has 0 bridgehead atoms. The molecule has 0 aliphatic carbocycles. The van der Waals surface area contributed by atoms with E-state index in [1.54, 1.807) is 0 Å². The number of carbonyl (C=O) groups is 6. The highest BCUT2D eigenvalue weighted by Gasteiger charge is 2.40. The first-order valence-electron chi connectivity index (χ1n) is 12.4. The number of guanidine groups is 1. The van der Waals surface area contributed by atoms with Crippen LogP contribution >= 0.6 is 0 Å². The van der Waals surface area contributed by atoms with Gasteiger partial charge in [0.2, 0.25) is 29.5 Å². The number of aliphatic imine (C=N–C) groups is 1. The van der Waals surface area contributed by atoms with Crippen LogP contribution in [0.1, 0.15) is 44.9 Å². The Hall–Kier alpha value is -3.95. The second kappa shape index (κ2) is 14.1. The minimum Gasteiger partial charge on any atom is -0.481 e. The zero-order valence-electron chi connectivity index (χ0n) is 21.1. The fourth-order valence-corrected chi connectivity index (χ4v) is 4.65. The number of hydrogen-bond acceptors (Lipinski definition) is 8. The molecule has 0 unspecified atom stereocenters. The largest absolute Gasteiger partial charge is 0.481 e. The van der Waals surface area contributed by atoms with E-state index in [0.29, 0.717) is 32.2 Å². The Labute approximate surface area is 219 Å². The van der Waals surface area contributed by atoms with Crippen LogP contribution in [0.2, 0.25) is 0 Å². The van der Waals surface area contributed by atoms with Crippen LogP contribution in [-0.2, 0) is 28.8 Å². The van der Waals surface area contributed by atoms with Crippen LogP contribution in [0.4, 0.5) is 0 Å². The zero-order valence-corrected chi connectivity index (χ0v) is 21.1. The molecule has 0 aromatic heterocycles. The van der Waals surface area contributed by atoms with Crippen molar-refractivity contribution in [3.05, 3.63) is 0 Å². The predicted octanol–water partition coefficient (Wildman–Crippen LogP) is -4.09. The summed E-state index contributed by atoms with van der Waals surface area (Å²) in [5.41, 5.74) is 21.4. The monoisotopic (exact) mass is 539 g/mol. The molecule has 2 rings (SSSR count). The number of carboxylic acid groups (broad SMARTS) is 1. The molecule has 0 saturated carbocycles. The van der Waals surface area contributed by atoms with E-state index in [9.17, 15) is 28.8 Å². The van der Waals surface area contributed by atoms with Gasteiger partial charge in [-0.25, -0.2) is 0 Å². The third-order valence-corrected chi connectivity index (χ3v) is 6.49. The van der Waals surface area contributed by atoms with E-state index in [1.807, 2.05) is 0 Å². The molecule has 0 aromatic carbocycles. The van der Waals surface area contributed by atoms with Crippen molar-refractivity contribution in [2.45, 2.75) is 69.1 Å². The van der Waals surface area contributed by atoms with E-state index in [0.717, 1.165) is 0 Å². The number of rotatable bonds is 13. The van der Waals surface area contributed by atoms with Gasteiger partial charge in [0.25, 0.3) is 0 Å². The quantitative estimate of drug-likeness (QED) is 0.0675. The summed E-state index contributed by atoms with van der Waals surface area (Å²) >= 11 is 0. The molecular formula is C22H37N9O7. The molecule has 2 fully saturated rings. The van der Waals surface area contributed by atoms with E-state index in [2.05, 4.69) is 15.6 Å². The first kappa shape index (κ1) is 30.3. The number of nitrogens with two attached hydrogens (primary N) is 4. The minimum absolute atomic E-state index is 0.125. The fraction of sp³-hybridized carbons (Fsp3) is 0.682. The fourth-order valence-electron chi connectivity index (χ4n) is 4.65. The third kappa shape index (κ3) is 8.29. The molecule has 5 amide bonds. The van der Waals surface area contributed by atoms with E-state index in [-0.39, 0.29) is 44.3 Å². The molecule has 0 radical (unpaired) electrons. The summed E-state index contributed by atoms with van der Waals surface area (Å²) in [7, 11) is 0. The van der Waals surface area contributed by atoms with Gasteiger partial charge in [-0.15, -0.1) is 0 Å². The lowest BCUT2D eigenvalue weighted by molar-refractivity contribution is -0.144. The molecule has 0 aromatic rings. The molecule has 0 spiro atoms. The Kier molecular flexibility index (Phi) is 11.2. The topological polar surface area (TPSA) is 270 Å². The van der Waals surface area contributed by atoms with Crippen molar-refractivity contribution < 1.29 is 33.9 Å². The summed E-state index contributed by atoms with van der Waals surface area (Å²) in [6.45, 7) is 0.535. The summed E-state index contributed by atoms with van der Waals surface area (Å²) in [6, 6.07) is -4.26. The number of hydrogen-bond donors (Lipinski definition) is 7. The summed E-state index contributed by atoms with van der Waals surface area (Å²) in [6.07, 6.45) is 1.54. The number of aliphatic carboxylic acids is 1. The van der Waals surface area contributed by atoms with Gasteiger partial charge in [0.1, 0.15) is 24.2 Å². The Morgan fingerprint density at radius 2 is 1.45 bits per heavy atom. The Morgan fingerprint density at radius 1 is 0.895 bits per heavy atom. The number of primary amides is 1. The molecule has 212 valence electrons.